The van der Waals surface area contributed by atoms with Crippen molar-refractivity contribution < 1.29 is 18.6 Å². The van der Waals surface area contributed by atoms with Crippen LogP contribution in [0, 0.1) is 5.82 Å². The number of rotatable bonds is 5. The van der Waals surface area contributed by atoms with Gasteiger partial charge in [0.1, 0.15) is 11.6 Å². The Labute approximate surface area is 173 Å². The van der Waals surface area contributed by atoms with E-state index in [0.717, 1.165) is 17.9 Å². The van der Waals surface area contributed by atoms with Crippen LogP contribution in [0.1, 0.15) is 11.4 Å². The molecule has 0 unspecified atom stereocenters. The summed E-state index contributed by atoms with van der Waals surface area (Å²) < 4.78 is 31.5. The number of halogens is 1. The van der Waals surface area contributed by atoms with Gasteiger partial charge in [-0.25, -0.2) is 9.37 Å². The Morgan fingerprint density at radius 1 is 1.00 bits per heavy atom. The maximum absolute atomic E-state index is 13.6. The van der Waals surface area contributed by atoms with Gasteiger partial charge in [-0.2, -0.15) is 0 Å². The molecule has 0 fully saturated rings. The van der Waals surface area contributed by atoms with E-state index >= 15 is 0 Å². The molecule has 2 heterocycles. The van der Waals surface area contributed by atoms with Gasteiger partial charge in [0.2, 0.25) is 5.75 Å². The highest BCUT2D eigenvalue weighted by Gasteiger charge is 2.20. The monoisotopic (exact) mass is 413 g/mol. The lowest BCUT2D eigenvalue weighted by Gasteiger charge is -2.21. The van der Waals surface area contributed by atoms with Crippen LogP contribution >= 0.6 is 0 Å². The summed E-state index contributed by atoms with van der Waals surface area (Å²) in [6, 6.07) is 8.02. The Hall–Kier alpha value is -3.13. The van der Waals surface area contributed by atoms with Crippen LogP contribution in [0.5, 0.6) is 17.2 Å². The van der Waals surface area contributed by atoms with Crippen molar-refractivity contribution in [1.29, 1.82) is 0 Å². The standard InChI is InChI=1S/C22H24FN3O4/c1-28-18-10-14(11-19(29-2)21(18)30-3)13-25-7-6-20-24-17-5-4-15(23)12-16(17)22(27)26(20)9-8-25/h4-5,10-12H,6-9,13H2,1-3H3. The predicted octanol–water partition coefficient (Wildman–Crippen LogP) is 2.62. The van der Waals surface area contributed by atoms with Gasteiger partial charge in [0.15, 0.2) is 11.5 Å². The summed E-state index contributed by atoms with van der Waals surface area (Å²) in [6.07, 6.45) is 0.632. The summed E-state index contributed by atoms with van der Waals surface area (Å²) in [4.78, 5) is 19.7. The normalized spacial score (nSPS) is 14.3. The molecule has 0 radical (unpaired) electrons. The van der Waals surface area contributed by atoms with Gasteiger partial charge in [-0.3, -0.25) is 14.3 Å². The van der Waals surface area contributed by atoms with Crippen LogP contribution in [-0.4, -0.2) is 48.9 Å². The Bertz CT molecular complexity index is 1120. The molecule has 158 valence electrons. The minimum atomic E-state index is -0.431. The highest BCUT2D eigenvalue weighted by atomic mass is 19.1. The Kier molecular flexibility index (Phi) is 5.59. The summed E-state index contributed by atoms with van der Waals surface area (Å²) in [5.41, 5.74) is 1.36. The number of methoxy groups -OCH3 is 3. The zero-order valence-corrected chi connectivity index (χ0v) is 17.3. The average molecular weight is 413 g/mol. The lowest BCUT2D eigenvalue weighted by Crippen LogP contribution is -2.28. The lowest BCUT2D eigenvalue weighted by atomic mass is 10.1. The van der Waals surface area contributed by atoms with Gasteiger partial charge in [0.05, 0.1) is 32.2 Å². The van der Waals surface area contributed by atoms with Crippen LogP contribution < -0.4 is 19.8 Å². The van der Waals surface area contributed by atoms with Crippen molar-refractivity contribution >= 4 is 10.9 Å². The third kappa shape index (κ3) is 3.70. The molecular formula is C22H24FN3O4. The van der Waals surface area contributed by atoms with Gasteiger partial charge in [-0.15, -0.1) is 0 Å². The molecule has 3 aromatic rings. The van der Waals surface area contributed by atoms with E-state index in [1.165, 1.54) is 12.1 Å². The minimum absolute atomic E-state index is 0.191. The molecule has 8 heteroatoms. The molecule has 30 heavy (non-hydrogen) atoms. The van der Waals surface area contributed by atoms with E-state index in [-0.39, 0.29) is 5.56 Å². The Morgan fingerprint density at radius 2 is 1.73 bits per heavy atom. The fraction of sp³-hybridized carbons (Fsp3) is 0.364. The highest BCUT2D eigenvalue weighted by molar-refractivity contribution is 5.77. The van der Waals surface area contributed by atoms with E-state index in [1.807, 2.05) is 12.1 Å². The van der Waals surface area contributed by atoms with Crippen molar-refractivity contribution in [3.05, 3.63) is 57.9 Å². The van der Waals surface area contributed by atoms with Crippen molar-refractivity contribution in [2.45, 2.75) is 19.5 Å². The van der Waals surface area contributed by atoms with Crippen molar-refractivity contribution in [2.75, 3.05) is 34.4 Å². The highest BCUT2D eigenvalue weighted by Crippen LogP contribution is 2.38. The molecule has 1 aromatic heterocycles. The second-order valence-electron chi connectivity index (χ2n) is 7.21. The van der Waals surface area contributed by atoms with Gasteiger partial charge >= 0.3 is 0 Å². The molecule has 7 nitrogen and oxygen atoms in total. The molecule has 0 saturated heterocycles. The van der Waals surface area contributed by atoms with Crippen LogP contribution in [0.15, 0.2) is 35.1 Å². The van der Waals surface area contributed by atoms with Crippen molar-refractivity contribution in [1.82, 2.24) is 14.5 Å². The number of hydrogen-bond donors (Lipinski definition) is 0. The summed E-state index contributed by atoms with van der Waals surface area (Å²) in [6.45, 7) is 2.58. The average Bonchev–Trinajstić information content (AvgIpc) is 2.96. The summed E-state index contributed by atoms with van der Waals surface area (Å²) in [5.74, 6) is 2.07. The quantitative estimate of drug-likeness (QED) is 0.641. The van der Waals surface area contributed by atoms with Crippen LogP contribution in [0.25, 0.3) is 10.9 Å². The maximum atomic E-state index is 13.6. The molecule has 0 saturated carbocycles. The number of ether oxygens (including phenoxy) is 3. The van der Waals surface area contributed by atoms with E-state index in [1.54, 1.807) is 32.0 Å². The van der Waals surface area contributed by atoms with Crippen molar-refractivity contribution in [3.63, 3.8) is 0 Å². The predicted molar refractivity (Wildman–Crippen MR) is 111 cm³/mol. The third-order valence-corrected chi connectivity index (χ3v) is 5.42. The first kappa shape index (κ1) is 20.2. The topological polar surface area (TPSA) is 65.8 Å². The van der Waals surface area contributed by atoms with E-state index < -0.39 is 5.82 Å². The second kappa shape index (κ2) is 8.31. The molecule has 0 spiro atoms. The van der Waals surface area contributed by atoms with Gasteiger partial charge < -0.3 is 14.2 Å². The van der Waals surface area contributed by atoms with Gasteiger partial charge in [0, 0.05) is 32.6 Å². The lowest BCUT2D eigenvalue weighted by molar-refractivity contribution is 0.269. The van der Waals surface area contributed by atoms with Crippen molar-refractivity contribution in [2.24, 2.45) is 0 Å². The summed E-state index contributed by atoms with van der Waals surface area (Å²) in [7, 11) is 4.76. The fourth-order valence-corrected chi connectivity index (χ4v) is 3.91. The largest absolute Gasteiger partial charge is 0.493 e. The van der Waals surface area contributed by atoms with E-state index in [0.29, 0.717) is 54.2 Å². The molecular weight excluding hydrogens is 389 g/mol. The molecule has 0 atom stereocenters. The third-order valence-electron chi connectivity index (χ3n) is 5.42. The number of benzene rings is 2. The molecule has 0 amide bonds. The first-order valence-corrected chi connectivity index (χ1v) is 9.74. The molecule has 0 N–H and O–H groups in total. The zero-order valence-electron chi connectivity index (χ0n) is 17.3. The van der Waals surface area contributed by atoms with Gasteiger partial charge in [0.25, 0.3) is 5.56 Å². The summed E-state index contributed by atoms with van der Waals surface area (Å²) in [5, 5.41) is 0.317. The van der Waals surface area contributed by atoms with Gasteiger partial charge in [-0.05, 0) is 35.9 Å². The number of hydrogen-bond acceptors (Lipinski definition) is 6. The van der Waals surface area contributed by atoms with Crippen LogP contribution in [0.2, 0.25) is 0 Å². The number of nitrogens with zero attached hydrogens (tertiary/aromatic N) is 3. The molecule has 1 aliphatic heterocycles. The van der Waals surface area contributed by atoms with Crippen molar-refractivity contribution in [3.8, 4) is 17.2 Å². The second-order valence-corrected chi connectivity index (χ2v) is 7.21. The van der Waals surface area contributed by atoms with E-state index in [4.69, 9.17) is 14.2 Å². The molecule has 1 aliphatic rings. The van der Waals surface area contributed by atoms with E-state index in [2.05, 4.69) is 9.88 Å². The van der Waals surface area contributed by atoms with Gasteiger partial charge in [-0.1, -0.05) is 0 Å². The van der Waals surface area contributed by atoms with Crippen LogP contribution in [0.3, 0.4) is 0 Å². The smallest absolute Gasteiger partial charge is 0.261 e. The SMILES string of the molecule is COc1cc(CN2CCc3nc4ccc(F)cc4c(=O)n3CC2)cc(OC)c1OC. The first-order chi connectivity index (χ1) is 14.5. The maximum Gasteiger partial charge on any atom is 0.261 e. The van der Waals surface area contributed by atoms with Crippen LogP contribution in [-0.2, 0) is 19.5 Å². The minimum Gasteiger partial charge on any atom is -0.493 e. The Morgan fingerprint density at radius 3 is 2.40 bits per heavy atom. The molecule has 4 rings (SSSR count). The fourth-order valence-electron chi connectivity index (χ4n) is 3.91. The first-order valence-electron chi connectivity index (χ1n) is 9.74. The zero-order chi connectivity index (χ0) is 21.3. The molecule has 0 aliphatic carbocycles. The molecule has 2 aromatic carbocycles. The summed E-state index contributed by atoms with van der Waals surface area (Å²) >= 11 is 0. The molecule has 0 bridgehead atoms. The number of aromatic nitrogens is 2. The van der Waals surface area contributed by atoms with Crippen LogP contribution in [0.4, 0.5) is 4.39 Å². The number of fused-ring (bicyclic) bond motifs is 2. The van der Waals surface area contributed by atoms with E-state index in [9.17, 15) is 9.18 Å². The Balaban J connectivity index is 1.60.